The van der Waals surface area contributed by atoms with Crippen molar-refractivity contribution >= 4 is 38.9 Å². The highest BCUT2D eigenvalue weighted by molar-refractivity contribution is 9.10. The first-order chi connectivity index (χ1) is 10.2. The van der Waals surface area contributed by atoms with Gasteiger partial charge in [-0.05, 0) is 40.0 Å². The molecule has 0 saturated carbocycles. The Morgan fingerprint density at radius 2 is 2.19 bits per heavy atom. The summed E-state index contributed by atoms with van der Waals surface area (Å²) in [6.07, 6.45) is 0.986. The lowest BCUT2D eigenvalue weighted by molar-refractivity contribution is 0.199. The molecule has 0 bridgehead atoms. The summed E-state index contributed by atoms with van der Waals surface area (Å²) in [5.74, 6) is 0.362. The molecule has 114 valence electrons. The van der Waals surface area contributed by atoms with Gasteiger partial charge >= 0.3 is 0 Å². The maximum atomic E-state index is 6.37. The SMILES string of the molecule is COCCNCC(Cc1cc(Br)cs1)c1ccccc1Cl. The summed E-state index contributed by atoms with van der Waals surface area (Å²) < 4.78 is 6.23. The number of benzene rings is 1. The van der Waals surface area contributed by atoms with Gasteiger partial charge in [-0.1, -0.05) is 29.8 Å². The molecule has 21 heavy (non-hydrogen) atoms. The number of hydrogen-bond donors (Lipinski definition) is 1. The molecule has 0 aliphatic carbocycles. The summed E-state index contributed by atoms with van der Waals surface area (Å²) in [6, 6.07) is 10.3. The lowest BCUT2D eigenvalue weighted by Crippen LogP contribution is -2.26. The van der Waals surface area contributed by atoms with E-state index in [-0.39, 0.29) is 0 Å². The van der Waals surface area contributed by atoms with Crippen LogP contribution < -0.4 is 5.32 Å². The second-order valence-corrected chi connectivity index (χ2v) is 7.17. The van der Waals surface area contributed by atoms with E-state index in [0.717, 1.165) is 35.6 Å². The van der Waals surface area contributed by atoms with Gasteiger partial charge in [-0.15, -0.1) is 11.3 Å². The molecule has 0 fully saturated rings. The predicted octanol–water partition coefficient (Wildman–Crippen LogP) is 4.73. The molecule has 2 nitrogen and oxygen atoms in total. The van der Waals surface area contributed by atoms with E-state index in [1.165, 1.54) is 10.4 Å². The number of hydrogen-bond acceptors (Lipinski definition) is 3. The highest BCUT2D eigenvalue weighted by Gasteiger charge is 2.16. The van der Waals surface area contributed by atoms with Crippen LogP contribution in [0.5, 0.6) is 0 Å². The van der Waals surface area contributed by atoms with Gasteiger partial charge in [0.05, 0.1) is 6.61 Å². The van der Waals surface area contributed by atoms with Gasteiger partial charge in [0.25, 0.3) is 0 Å². The van der Waals surface area contributed by atoms with Crippen LogP contribution in [0.1, 0.15) is 16.4 Å². The van der Waals surface area contributed by atoms with E-state index in [0.29, 0.717) is 5.92 Å². The monoisotopic (exact) mass is 387 g/mol. The molecular formula is C16H19BrClNOS. The number of methoxy groups -OCH3 is 1. The van der Waals surface area contributed by atoms with Crippen molar-refractivity contribution in [1.82, 2.24) is 5.32 Å². The maximum absolute atomic E-state index is 6.37. The van der Waals surface area contributed by atoms with E-state index in [2.05, 4.69) is 38.8 Å². The van der Waals surface area contributed by atoms with E-state index >= 15 is 0 Å². The quantitative estimate of drug-likeness (QED) is 0.660. The number of nitrogens with one attached hydrogen (secondary N) is 1. The molecular weight excluding hydrogens is 370 g/mol. The molecule has 1 aromatic heterocycles. The summed E-state index contributed by atoms with van der Waals surface area (Å²) in [6.45, 7) is 2.47. The van der Waals surface area contributed by atoms with Gasteiger partial charge in [0.15, 0.2) is 0 Å². The minimum Gasteiger partial charge on any atom is -0.383 e. The zero-order valence-corrected chi connectivity index (χ0v) is 15.1. The second-order valence-electron chi connectivity index (χ2n) is 4.85. The van der Waals surface area contributed by atoms with Crippen LogP contribution in [-0.2, 0) is 11.2 Å². The number of halogens is 2. The van der Waals surface area contributed by atoms with Crippen molar-refractivity contribution in [1.29, 1.82) is 0 Å². The lowest BCUT2D eigenvalue weighted by atomic mass is 9.95. The zero-order chi connectivity index (χ0) is 15.1. The van der Waals surface area contributed by atoms with Gasteiger partial charge in [-0.25, -0.2) is 0 Å². The largest absolute Gasteiger partial charge is 0.383 e. The summed E-state index contributed by atoms with van der Waals surface area (Å²) in [5.41, 5.74) is 1.20. The summed E-state index contributed by atoms with van der Waals surface area (Å²) in [5, 5.41) is 6.41. The van der Waals surface area contributed by atoms with Crippen LogP contribution in [0.4, 0.5) is 0 Å². The van der Waals surface area contributed by atoms with E-state index < -0.39 is 0 Å². The Labute approximate surface area is 143 Å². The van der Waals surface area contributed by atoms with Crippen LogP contribution in [0, 0.1) is 0 Å². The Kier molecular flexibility index (Phi) is 7.20. The molecule has 0 amide bonds. The van der Waals surface area contributed by atoms with Crippen molar-refractivity contribution in [2.24, 2.45) is 0 Å². The standard InChI is InChI=1S/C16H19BrClNOS/c1-20-7-6-19-10-12(8-14-9-13(17)11-21-14)15-4-2-3-5-16(15)18/h2-5,9,11-12,19H,6-8,10H2,1H3. The van der Waals surface area contributed by atoms with Crippen molar-refractivity contribution in [3.05, 3.63) is 55.6 Å². The molecule has 0 spiro atoms. The van der Waals surface area contributed by atoms with E-state index in [1.54, 1.807) is 18.4 Å². The lowest BCUT2D eigenvalue weighted by Gasteiger charge is -2.19. The third-order valence-electron chi connectivity index (χ3n) is 3.29. The number of thiophene rings is 1. The Bertz CT molecular complexity index is 561. The average molecular weight is 389 g/mol. The fraction of sp³-hybridized carbons (Fsp3) is 0.375. The van der Waals surface area contributed by atoms with Gasteiger partial charge < -0.3 is 10.1 Å². The second kappa shape index (κ2) is 8.91. The molecule has 1 unspecified atom stereocenters. The highest BCUT2D eigenvalue weighted by Crippen LogP contribution is 2.30. The predicted molar refractivity (Wildman–Crippen MR) is 94.7 cm³/mol. The van der Waals surface area contributed by atoms with E-state index in [9.17, 15) is 0 Å². The van der Waals surface area contributed by atoms with E-state index in [4.69, 9.17) is 16.3 Å². The van der Waals surface area contributed by atoms with Crippen molar-refractivity contribution in [2.75, 3.05) is 26.8 Å². The highest BCUT2D eigenvalue weighted by atomic mass is 79.9. The normalized spacial score (nSPS) is 12.5. The van der Waals surface area contributed by atoms with Crippen LogP contribution in [0.25, 0.3) is 0 Å². The van der Waals surface area contributed by atoms with Gasteiger partial charge in [0.2, 0.25) is 0 Å². The van der Waals surface area contributed by atoms with Crippen LogP contribution in [0.2, 0.25) is 5.02 Å². The fourth-order valence-electron chi connectivity index (χ4n) is 2.25. The van der Waals surface area contributed by atoms with Crippen LogP contribution >= 0.6 is 38.9 Å². The Hall–Kier alpha value is -0.390. The number of ether oxygens (including phenoxy) is 1. The van der Waals surface area contributed by atoms with Gasteiger partial charge in [0, 0.05) is 45.9 Å². The van der Waals surface area contributed by atoms with Crippen molar-refractivity contribution in [3.63, 3.8) is 0 Å². The summed E-state index contributed by atoms with van der Waals surface area (Å²) in [7, 11) is 1.72. The molecule has 1 aromatic carbocycles. The molecule has 0 aliphatic heterocycles. The van der Waals surface area contributed by atoms with Crippen LogP contribution in [-0.4, -0.2) is 26.8 Å². The topological polar surface area (TPSA) is 21.3 Å². The first-order valence-corrected chi connectivity index (χ1v) is 8.92. The molecule has 1 heterocycles. The van der Waals surface area contributed by atoms with Crippen molar-refractivity contribution < 1.29 is 4.74 Å². The Morgan fingerprint density at radius 3 is 2.86 bits per heavy atom. The Morgan fingerprint density at radius 1 is 1.38 bits per heavy atom. The van der Waals surface area contributed by atoms with E-state index in [1.807, 2.05) is 18.2 Å². The molecule has 1 N–H and O–H groups in total. The van der Waals surface area contributed by atoms with Crippen molar-refractivity contribution in [2.45, 2.75) is 12.3 Å². The van der Waals surface area contributed by atoms with Crippen LogP contribution in [0.3, 0.4) is 0 Å². The first kappa shape index (κ1) is 17.0. The molecule has 0 saturated heterocycles. The maximum Gasteiger partial charge on any atom is 0.0587 e. The third-order valence-corrected chi connectivity index (χ3v) is 5.35. The van der Waals surface area contributed by atoms with Gasteiger partial charge in [0.1, 0.15) is 0 Å². The molecule has 1 atom stereocenters. The first-order valence-electron chi connectivity index (χ1n) is 6.87. The Balaban J connectivity index is 2.08. The van der Waals surface area contributed by atoms with Crippen LogP contribution in [0.15, 0.2) is 40.2 Å². The zero-order valence-electron chi connectivity index (χ0n) is 11.9. The smallest absolute Gasteiger partial charge is 0.0587 e. The molecule has 0 radical (unpaired) electrons. The molecule has 5 heteroatoms. The number of rotatable bonds is 8. The van der Waals surface area contributed by atoms with Crippen molar-refractivity contribution in [3.8, 4) is 0 Å². The fourth-order valence-corrected chi connectivity index (χ4v) is 4.08. The molecule has 2 aromatic rings. The van der Waals surface area contributed by atoms with Gasteiger partial charge in [-0.2, -0.15) is 0 Å². The molecule has 2 rings (SSSR count). The summed E-state index contributed by atoms with van der Waals surface area (Å²) in [4.78, 5) is 1.36. The van der Waals surface area contributed by atoms with Gasteiger partial charge in [-0.3, -0.25) is 0 Å². The third kappa shape index (κ3) is 5.38. The molecule has 0 aliphatic rings. The average Bonchev–Trinajstić information content (AvgIpc) is 2.88. The minimum atomic E-state index is 0.362. The summed E-state index contributed by atoms with van der Waals surface area (Å²) >= 11 is 11.7. The minimum absolute atomic E-state index is 0.362.